The molecule has 0 heterocycles. The maximum Gasteiger partial charge on any atom is 0.460 e. The van der Waals surface area contributed by atoms with Gasteiger partial charge in [-0.1, -0.05) is 6.92 Å². The fourth-order valence-corrected chi connectivity index (χ4v) is 4.84. The lowest BCUT2D eigenvalue weighted by atomic mass is 10.1. The van der Waals surface area contributed by atoms with Crippen molar-refractivity contribution < 1.29 is 65.7 Å². The topological polar surface area (TPSA) is 78.9 Å². The van der Waals surface area contributed by atoms with Gasteiger partial charge in [-0.05, 0) is 32.8 Å². The predicted octanol–water partition coefficient (Wildman–Crippen LogP) is 5.67. The fourth-order valence-electron chi connectivity index (χ4n) is 1.67. The number of halogens is 9. The zero-order valence-electron chi connectivity index (χ0n) is 15.8. The summed E-state index contributed by atoms with van der Waals surface area (Å²) in [5.74, 6) is -15.0. The van der Waals surface area contributed by atoms with E-state index in [1.54, 1.807) is 0 Å². The molecule has 0 N–H and O–H groups in total. The first-order chi connectivity index (χ1) is 13.2. The van der Waals surface area contributed by atoms with Crippen molar-refractivity contribution in [3.63, 3.8) is 0 Å². The van der Waals surface area contributed by atoms with Crippen LogP contribution >= 0.6 is 7.60 Å². The minimum Gasteiger partial charge on any atom is -0.369 e. The summed E-state index contributed by atoms with van der Waals surface area (Å²) in [6.07, 6.45) is -7.55. The third kappa shape index (κ3) is 5.07. The molecule has 0 aromatic heterocycles. The molecule has 0 aromatic carbocycles. The minimum atomic E-state index is -7.50. The molecule has 0 saturated carbocycles. The summed E-state index contributed by atoms with van der Waals surface area (Å²) >= 11 is 0. The molecule has 180 valence electrons. The van der Waals surface area contributed by atoms with Gasteiger partial charge in [0.1, 0.15) is 0 Å². The van der Waals surface area contributed by atoms with E-state index >= 15 is 0 Å². The highest BCUT2D eigenvalue weighted by molar-refractivity contribution is 7.88. The second-order valence-electron chi connectivity index (χ2n) is 5.47. The first-order valence-corrected chi connectivity index (χ1v) is 10.9. The predicted molar refractivity (Wildman–Crippen MR) is 84.8 cm³/mol. The van der Waals surface area contributed by atoms with Crippen LogP contribution in [0.2, 0.25) is 0 Å². The summed E-state index contributed by atoms with van der Waals surface area (Å²) in [6, 6.07) is 0. The van der Waals surface area contributed by atoms with Crippen molar-refractivity contribution in [2.75, 3.05) is 13.2 Å². The van der Waals surface area contributed by atoms with Gasteiger partial charge in [0.15, 0.2) is 0 Å². The van der Waals surface area contributed by atoms with Crippen LogP contribution in [-0.4, -0.2) is 44.9 Å². The molecule has 0 rings (SSSR count). The molecule has 0 saturated heterocycles. The average molecular weight is 504 g/mol. The van der Waals surface area contributed by atoms with Crippen LogP contribution in [-0.2, 0) is 27.9 Å². The Labute approximate surface area is 166 Å². The Morgan fingerprint density at radius 1 is 0.833 bits per heavy atom. The van der Waals surface area contributed by atoms with E-state index in [-0.39, 0.29) is 6.42 Å². The van der Waals surface area contributed by atoms with Crippen LogP contribution in [0.1, 0.15) is 34.1 Å². The van der Waals surface area contributed by atoms with Gasteiger partial charge in [0, 0.05) is 0 Å². The maximum absolute atomic E-state index is 13.9. The van der Waals surface area contributed by atoms with Crippen LogP contribution in [0, 0.1) is 0 Å². The average Bonchev–Trinajstić information content (AvgIpc) is 2.57. The van der Waals surface area contributed by atoms with Crippen LogP contribution < -0.4 is 0 Å². The van der Waals surface area contributed by atoms with Gasteiger partial charge in [0.2, 0.25) is 5.50 Å². The Kier molecular flexibility index (Phi) is 8.94. The summed E-state index contributed by atoms with van der Waals surface area (Å²) in [6.45, 7) is 3.53. The van der Waals surface area contributed by atoms with E-state index in [4.69, 9.17) is 0 Å². The Morgan fingerprint density at radius 3 is 1.53 bits per heavy atom. The Hall–Kier alpha value is -0.990. The van der Waals surface area contributed by atoms with Gasteiger partial charge in [0.05, 0.1) is 13.2 Å². The summed E-state index contributed by atoms with van der Waals surface area (Å²) in [4.78, 5) is 0. The zero-order valence-corrected chi connectivity index (χ0v) is 17.5. The van der Waals surface area contributed by atoms with Gasteiger partial charge in [-0.25, -0.2) is 0 Å². The molecule has 0 bridgehead atoms. The molecule has 0 radical (unpaired) electrons. The zero-order chi connectivity index (χ0) is 24.4. The molecule has 0 aromatic rings. The molecule has 0 amide bonds. The molecule has 6 nitrogen and oxygen atoms in total. The van der Waals surface area contributed by atoms with Gasteiger partial charge in [-0.15, -0.1) is 0 Å². The molecule has 0 aliphatic rings. The van der Waals surface area contributed by atoms with Crippen LogP contribution in [0.25, 0.3) is 0 Å². The monoisotopic (exact) mass is 504 g/mol. The molecule has 0 fully saturated rings. The first-order valence-electron chi connectivity index (χ1n) is 7.93. The molecule has 0 aliphatic heterocycles. The van der Waals surface area contributed by atoms with Crippen molar-refractivity contribution in [1.29, 1.82) is 0 Å². The Bertz CT molecular complexity index is 781. The van der Waals surface area contributed by atoms with E-state index in [1.165, 1.54) is 20.8 Å². The van der Waals surface area contributed by atoms with E-state index in [9.17, 15) is 52.5 Å². The highest BCUT2D eigenvalue weighted by Gasteiger charge is 2.86. The highest BCUT2D eigenvalue weighted by Crippen LogP contribution is 2.60. The largest absolute Gasteiger partial charge is 0.460 e. The third-order valence-corrected chi connectivity index (χ3v) is 6.92. The number of rotatable bonds is 11. The van der Waals surface area contributed by atoms with E-state index in [1.807, 2.05) is 0 Å². The SMILES string of the molecule is CCOP(=O)(OCC)/C(OS(=O)(=O)C(F)(F)C(F)(F)C(F)(F)C(F)(F)F)=C(/C)CC. The van der Waals surface area contributed by atoms with Crippen molar-refractivity contribution >= 4 is 17.7 Å². The number of hydrogen-bond donors (Lipinski definition) is 0. The Morgan fingerprint density at radius 2 is 1.23 bits per heavy atom. The lowest BCUT2D eigenvalue weighted by Crippen LogP contribution is -2.63. The summed E-state index contributed by atoms with van der Waals surface area (Å²) in [5.41, 5.74) is -2.02. The van der Waals surface area contributed by atoms with Crippen LogP contribution in [0.15, 0.2) is 11.1 Å². The first kappa shape index (κ1) is 29.0. The van der Waals surface area contributed by atoms with E-state index in [0.29, 0.717) is 0 Å². The van der Waals surface area contributed by atoms with Gasteiger partial charge in [0.25, 0.3) is 0 Å². The molecule has 0 spiro atoms. The lowest BCUT2D eigenvalue weighted by molar-refractivity contribution is -0.382. The third-order valence-electron chi connectivity index (χ3n) is 3.36. The minimum absolute atomic E-state index is 0.310. The van der Waals surface area contributed by atoms with Gasteiger partial charge in [-0.3, -0.25) is 4.57 Å². The molecular weight excluding hydrogens is 486 g/mol. The van der Waals surface area contributed by atoms with Crippen molar-refractivity contribution in [3.8, 4) is 0 Å². The quantitative estimate of drug-likeness (QED) is 0.156. The molecular formula is C13H18F9O6PS. The van der Waals surface area contributed by atoms with E-state index < -0.39 is 65.3 Å². The molecule has 30 heavy (non-hydrogen) atoms. The Balaban J connectivity index is 6.62. The van der Waals surface area contributed by atoms with Crippen LogP contribution in [0.3, 0.4) is 0 Å². The number of hydrogen-bond acceptors (Lipinski definition) is 6. The van der Waals surface area contributed by atoms with Gasteiger partial charge in [-0.2, -0.15) is 47.9 Å². The maximum atomic E-state index is 13.9. The summed E-state index contributed by atoms with van der Waals surface area (Å²) in [7, 11) is -12.2. The van der Waals surface area contributed by atoms with E-state index in [0.717, 1.165) is 6.92 Å². The second kappa shape index (κ2) is 9.25. The van der Waals surface area contributed by atoms with Gasteiger partial charge < -0.3 is 13.2 Å². The highest BCUT2D eigenvalue weighted by atomic mass is 32.2. The van der Waals surface area contributed by atoms with E-state index in [2.05, 4.69) is 13.2 Å². The van der Waals surface area contributed by atoms with Crippen molar-refractivity contribution in [2.45, 2.75) is 57.4 Å². The van der Waals surface area contributed by atoms with Crippen LogP contribution in [0.4, 0.5) is 39.5 Å². The second-order valence-corrected chi connectivity index (χ2v) is 8.98. The fraction of sp³-hybridized carbons (Fsp3) is 0.846. The molecule has 0 unspecified atom stereocenters. The summed E-state index contributed by atoms with van der Waals surface area (Å²) < 4.78 is 166. The smallest absolute Gasteiger partial charge is 0.369 e. The summed E-state index contributed by atoms with van der Waals surface area (Å²) in [5, 5.41) is -7.11. The normalized spacial score (nSPS) is 15.8. The molecule has 17 heteroatoms. The molecule has 0 aliphatic carbocycles. The number of allylic oxidation sites excluding steroid dienone is 1. The van der Waals surface area contributed by atoms with Crippen molar-refractivity contribution in [1.82, 2.24) is 0 Å². The lowest BCUT2D eigenvalue weighted by Gasteiger charge is -2.33. The standard InChI is InChI=1S/C13H18F9O6PS/c1-5-8(4)9(29(23,26-6-2)27-7-3)28-30(24,25)13(21,22)11(16,17)10(14,15)12(18,19)20/h5-7H2,1-4H3/b9-8-. The van der Waals surface area contributed by atoms with Crippen LogP contribution in [0.5, 0.6) is 0 Å². The van der Waals surface area contributed by atoms with Crippen molar-refractivity contribution in [2.24, 2.45) is 0 Å². The number of alkyl halides is 9. The molecule has 0 atom stereocenters. The van der Waals surface area contributed by atoms with Crippen molar-refractivity contribution in [3.05, 3.63) is 11.1 Å². The van der Waals surface area contributed by atoms with Gasteiger partial charge >= 0.3 is 41.0 Å².